The highest BCUT2D eigenvalue weighted by molar-refractivity contribution is 6.17. The van der Waals surface area contributed by atoms with Crippen LogP contribution in [-0.2, 0) is 4.79 Å². The van der Waals surface area contributed by atoms with Gasteiger partial charge in [0.15, 0.2) is 0 Å². The van der Waals surface area contributed by atoms with Gasteiger partial charge in [0.05, 0.1) is 6.42 Å². The maximum Gasteiger partial charge on any atom is 0.390 e. The number of carbonyl (C=O) groups is 1. The molecule has 0 aromatic heterocycles. The average Bonchev–Trinajstić information content (AvgIpc) is 2.00. The molecule has 0 aromatic rings. The molecule has 16 heavy (non-hydrogen) atoms. The quantitative estimate of drug-likeness (QED) is 0.576. The van der Waals surface area contributed by atoms with Crippen LogP contribution >= 0.6 is 24.0 Å². The topological polar surface area (TPSA) is 43.1 Å². The first-order valence-corrected chi connectivity index (χ1v) is 5.28. The highest BCUT2D eigenvalue weighted by Gasteiger charge is 2.30. The number of nitrogens with two attached hydrogens (primary N) is 1. The Labute approximate surface area is 104 Å². The third kappa shape index (κ3) is 12.1. The first-order chi connectivity index (χ1) is 6.85. The minimum absolute atomic E-state index is 0. The van der Waals surface area contributed by atoms with Crippen LogP contribution in [0.1, 0.15) is 32.1 Å². The molecule has 0 aromatic carbocycles. The summed E-state index contributed by atoms with van der Waals surface area (Å²) in [4.78, 5) is 11.1. The van der Waals surface area contributed by atoms with E-state index in [0.29, 0.717) is 18.7 Å². The molecule has 0 aliphatic heterocycles. The lowest BCUT2D eigenvalue weighted by Gasteiger charge is -2.12. The van der Waals surface area contributed by atoms with Crippen LogP contribution in [0.25, 0.3) is 0 Å². The van der Waals surface area contributed by atoms with Gasteiger partial charge in [-0.3, -0.25) is 4.79 Å². The van der Waals surface area contributed by atoms with Crippen LogP contribution < -0.4 is 5.73 Å². The average molecular weight is 282 g/mol. The fourth-order valence-electron chi connectivity index (χ4n) is 1.18. The summed E-state index contributed by atoms with van der Waals surface area (Å²) in [6.45, 7) is 0. The standard InChI is InChI=1S/C9H15ClF3NO.ClH/c10-4-2-1-3-8(15)5-7(14)6-9(11,12)13;/h7H,1-6,14H2;1H. The monoisotopic (exact) mass is 281 g/mol. The van der Waals surface area contributed by atoms with Gasteiger partial charge in [-0.15, -0.1) is 24.0 Å². The van der Waals surface area contributed by atoms with Gasteiger partial charge in [-0.2, -0.15) is 13.2 Å². The van der Waals surface area contributed by atoms with Crippen molar-refractivity contribution in [3.05, 3.63) is 0 Å². The van der Waals surface area contributed by atoms with E-state index >= 15 is 0 Å². The van der Waals surface area contributed by atoms with E-state index in [4.69, 9.17) is 17.3 Å². The fourth-order valence-corrected chi connectivity index (χ4v) is 1.37. The molecule has 0 radical (unpaired) electrons. The largest absolute Gasteiger partial charge is 0.390 e. The van der Waals surface area contributed by atoms with E-state index in [-0.39, 0.29) is 31.0 Å². The molecule has 2 N–H and O–H groups in total. The SMILES string of the molecule is Cl.NC(CC(=O)CCCCCl)CC(F)(F)F. The molecule has 0 bridgehead atoms. The van der Waals surface area contributed by atoms with Gasteiger partial charge in [-0.1, -0.05) is 0 Å². The summed E-state index contributed by atoms with van der Waals surface area (Å²) in [7, 11) is 0. The number of alkyl halides is 4. The Hall–Kier alpha value is -0.0000000000000000833. The molecule has 0 fully saturated rings. The highest BCUT2D eigenvalue weighted by atomic mass is 35.5. The summed E-state index contributed by atoms with van der Waals surface area (Å²) >= 11 is 5.39. The van der Waals surface area contributed by atoms with Crippen molar-refractivity contribution in [2.45, 2.75) is 44.3 Å². The van der Waals surface area contributed by atoms with Gasteiger partial charge in [0, 0.05) is 24.8 Å². The van der Waals surface area contributed by atoms with Crippen LogP contribution in [0.5, 0.6) is 0 Å². The Morgan fingerprint density at radius 2 is 1.88 bits per heavy atom. The zero-order chi connectivity index (χ0) is 11.9. The van der Waals surface area contributed by atoms with Crippen molar-refractivity contribution < 1.29 is 18.0 Å². The maximum absolute atomic E-state index is 11.9. The molecule has 98 valence electrons. The van der Waals surface area contributed by atoms with Gasteiger partial charge < -0.3 is 5.73 Å². The van der Waals surface area contributed by atoms with Gasteiger partial charge in [-0.25, -0.2) is 0 Å². The molecule has 0 rings (SSSR count). The van der Waals surface area contributed by atoms with Crippen molar-refractivity contribution in [1.29, 1.82) is 0 Å². The second-order valence-electron chi connectivity index (χ2n) is 3.47. The first-order valence-electron chi connectivity index (χ1n) is 4.75. The molecule has 0 aliphatic rings. The van der Waals surface area contributed by atoms with Crippen LogP contribution in [0, 0.1) is 0 Å². The summed E-state index contributed by atoms with van der Waals surface area (Å²) < 4.78 is 35.6. The second kappa shape index (κ2) is 9.07. The molecule has 0 amide bonds. The fraction of sp³-hybridized carbons (Fsp3) is 0.889. The Bertz CT molecular complexity index is 200. The molecule has 2 nitrogen and oxygen atoms in total. The van der Waals surface area contributed by atoms with Crippen LogP contribution in [0.2, 0.25) is 0 Å². The van der Waals surface area contributed by atoms with E-state index in [1.165, 1.54) is 0 Å². The van der Waals surface area contributed by atoms with E-state index < -0.39 is 18.6 Å². The lowest BCUT2D eigenvalue weighted by molar-refractivity contribution is -0.139. The molecule has 0 saturated carbocycles. The van der Waals surface area contributed by atoms with Crippen molar-refractivity contribution in [3.8, 4) is 0 Å². The summed E-state index contributed by atoms with van der Waals surface area (Å²) in [6, 6.07) is -1.12. The molecule has 0 heterocycles. The van der Waals surface area contributed by atoms with Gasteiger partial charge in [0.1, 0.15) is 5.78 Å². The smallest absolute Gasteiger partial charge is 0.327 e. The van der Waals surface area contributed by atoms with E-state index in [1.54, 1.807) is 0 Å². The summed E-state index contributed by atoms with van der Waals surface area (Å²) in [6.07, 6.45) is -4.03. The normalized spacial score (nSPS) is 13.1. The van der Waals surface area contributed by atoms with Crippen molar-refractivity contribution >= 4 is 29.8 Å². The number of rotatable bonds is 7. The van der Waals surface area contributed by atoms with E-state index in [9.17, 15) is 18.0 Å². The predicted octanol–water partition coefficient (Wildman–Crippen LogP) is 3.06. The Balaban J connectivity index is 0. The number of halogens is 5. The van der Waals surface area contributed by atoms with Crippen LogP contribution in [-0.4, -0.2) is 23.9 Å². The second-order valence-corrected chi connectivity index (χ2v) is 3.85. The van der Waals surface area contributed by atoms with Crippen molar-refractivity contribution in [2.75, 3.05) is 5.88 Å². The first kappa shape index (κ1) is 18.4. The third-order valence-electron chi connectivity index (χ3n) is 1.82. The summed E-state index contributed by atoms with van der Waals surface area (Å²) in [5, 5.41) is 0. The minimum Gasteiger partial charge on any atom is -0.327 e. The Kier molecular flexibility index (Phi) is 10.4. The van der Waals surface area contributed by atoms with Gasteiger partial charge in [0.25, 0.3) is 0 Å². The molecule has 1 atom stereocenters. The number of carbonyl (C=O) groups excluding carboxylic acids is 1. The molecule has 7 heteroatoms. The van der Waals surface area contributed by atoms with Gasteiger partial charge in [0.2, 0.25) is 0 Å². The molecule has 0 spiro atoms. The third-order valence-corrected chi connectivity index (χ3v) is 2.09. The summed E-state index contributed by atoms with van der Waals surface area (Å²) in [5.74, 6) is 0.235. The molecule has 0 aliphatic carbocycles. The van der Waals surface area contributed by atoms with Crippen LogP contribution in [0.3, 0.4) is 0 Å². The van der Waals surface area contributed by atoms with Gasteiger partial charge in [-0.05, 0) is 12.8 Å². The lowest BCUT2D eigenvalue weighted by atomic mass is 10.0. The highest BCUT2D eigenvalue weighted by Crippen LogP contribution is 2.22. The van der Waals surface area contributed by atoms with E-state index in [0.717, 1.165) is 0 Å². The molecular weight excluding hydrogens is 266 g/mol. The van der Waals surface area contributed by atoms with Crippen molar-refractivity contribution in [1.82, 2.24) is 0 Å². The van der Waals surface area contributed by atoms with Crippen molar-refractivity contribution in [3.63, 3.8) is 0 Å². The maximum atomic E-state index is 11.9. The van der Waals surface area contributed by atoms with Crippen molar-refractivity contribution in [2.24, 2.45) is 5.73 Å². The zero-order valence-corrected chi connectivity index (χ0v) is 10.3. The lowest BCUT2D eigenvalue weighted by Crippen LogP contribution is -2.29. The molecular formula is C9H16Cl2F3NO. The number of hydrogen-bond donors (Lipinski definition) is 1. The van der Waals surface area contributed by atoms with Gasteiger partial charge >= 0.3 is 6.18 Å². The number of unbranched alkanes of at least 4 members (excludes halogenated alkanes) is 1. The van der Waals surface area contributed by atoms with E-state index in [2.05, 4.69) is 0 Å². The number of Topliss-reactive ketones (excluding diaryl/α,β-unsaturated/α-hetero) is 1. The van der Waals surface area contributed by atoms with Crippen LogP contribution in [0.15, 0.2) is 0 Å². The Morgan fingerprint density at radius 1 is 1.31 bits per heavy atom. The summed E-state index contributed by atoms with van der Waals surface area (Å²) in [5.41, 5.74) is 5.20. The Morgan fingerprint density at radius 3 is 2.31 bits per heavy atom. The molecule has 0 saturated heterocycles. The predicted molar refractivity (Wildman–Crippen MR) is 60.1 cm³/mol. The van der Waals surface area contributed by atoms with Crippen LogP contribution in [0.4, 0.5) is 13.2 Å². The zero-order valence-electron chi connectivity index (χ0n) is 8.73. The number of hydrogen-bond acceptors (Lipinski definition) is 2. The minimum atomic E-state index is -4.30. The molecule has 1 unspecified atom stereocenters. The number of ketones is 1. The van der Waals surface area contributed by atoms with E-state index in [1.807, 2.05) is 0 Å².